The van der Waals surface area contributed by atoms with Crippen LogP contribution in [0.3, 0.4) is 0 Å². The SMILES string of the molecule is Cc1c(C)c(C)[c-](C)c1C.Cc1c(C)c(C)[c-](C)c1C.[Ti+2]. The molecular formula is C20H30Ti. The molecule has 0 aliphatic rings. The molecule has 0 N–H and O–H groups in total. The maximum absolute atomic E-state index is 2.20. The third-order valence-electron chi connectivity index (χ3n) is 5.62. The van der Waals surface area contributed by atoms with Crippen molar-refractivity contribution in [1.29, 1.82) is 0 Å². The van der Waals surface area contributed by atoms with Gasteiger partial charge >= 0.3 is 21.7 Å². The predicted octanol–water partition coefficient (Wildman–Crippen LogP) is 5.89. The first kappa shape index (κ1) is 20.4. The van der Waals surface area contributed by atoms with E-state index in [2.05, 4.69) is 69.2 Å². The molecule has 2 aromatic carbocycles. The van der Waals surface area contributed by atoms with Crippen molar-refractivity contribution in [3.8, 4) is 0 Å². The standard InChI is InChI=1S/2C10H15.Ti/c2*1-6-7(2)9(4)10(5)8(6)3;/h2*1-5H3;/q2*-1;+2. The Bertz CT molecular complexity index is 404. The summed E-state index contributed by atoms with van der Waals surface area (Å²) < 4.78 is 0. The summed E-state index contributed by atoms with van der Waals surface area (Å²) in [4.78, 5) is 0. The first-order chi connectivity index (χ1) is 9.11. The average Bonchev–Trinajstić information content (AvgIpc) is 2.71. The third kappa shape index (κ3) is 3.79. The monoisotopic (exact) mass is 318 g/mol. The van der Waals surface area contributed by atoms with Crippen molar-refractivity contribution in [3.05, 3.63) is 55.6 Å². The zero-order valence-corrected chi connectivity index (χ0v) is 17.1. The van der Waals surface area contributed by atoms with Crippen molar-refractivity contribution in [2.75, 3.05) is 0 Å². The molecule has 2 rings (SSSR count). The summed E-state index contributed by atoms with van der Waals surface area (Å²) in [6.07, 6.45) is 0. The van der Waals surface area contributed by atoms with Crippen LogP contribution in [0.25, 0.3) is 0 Å². The zero-order chi connectivity index (χ0) is 15.8. The van der Waals surface area contributed by atoms with Crippen LogP contribution < -0.4 is 0 Å². The average molecular weight is 318 g/mol. The second kappa shape index (κ2) is 7.61. The fourth-order valence-electron chi connectivity index (χ4n) is 2.81. The maximum Gasteiger partial charge on any atom is 2.00 e. The van der Waals surface area contributed by atoms with Crippen molar-refractivity contribution >= 4 is 0 Å². The van der Waals surface area contributed by atoms with Crippen LogP contribution in [0.1, 0.15) is 55.6 Å². The van der Waals surface area contributed by atoms with Crippen molar-refractivity contribution < 1.29 is 21.7 Å². The molecule has 1 heteroatoms. The van der Waals surface area contributed by atoms with Gasteiger partial charge in [0.05, 0.1) is 0 Å². The van der Waals surface area contributed by atoms with Crippen LogP contribution in [0.4, 0.5) is 0 Å². The van der Waals surface area contributed by atoms with E-state index in [0.717, 1.165) is 0 Å². The van der Waals surface area contributed by atoms with E-state index in [9.17, 15) is 0 Å². The molecule has 0 spiro atoms. The molecule has 0 atom stereocenters. The van der Waals surface area contributed by atoms with E-state index in [4.69, 9.17) is 0 Å². The van der Waals surface area contributed by atoms with Crippen molar-refractivity contribution in [3.63, 3.8) is 0 Å². The van der Waals surface area contributed by atoms with Crippen LogP contribution in [0.5, 0.6) is 0 Å². The summed E-state index contributed by atoms with van der Waals surface area (Å²) in [6, 6.07) is 0. The minimum absolute atomic E-state index is 0. The minimum atomic E-state index is 0. The summed E-state index contributed by atoms with van der Waals surface area (Å²) in [5.74, 6) is 0. The molecule has 0 bridgehead atoms. The van der Waals surface area contributed by atoms with Gasteiger partial charge in [0.25, 0.3) is 0 Å². The van der Waals surface area contributed by atoms with Gasteiger partial charge in [-0.15, -0.1) is 0 Å². The van der Waals surface area contributed by atoms with Gasteiger partial charge in [-0.1, -0.05) is 69.2 Å². The Morgan fingerprint density at radius 1 is 0.429 bits per heavy atom. The topological polar surface area (TPSA) is 0 Å². The molecule has 0 aromatic heterocycles. The fraction of sp³-hybridized carbons (Fsp3) is 0.500. The molecule has 0 fully saturated rings. The number of hydrogen-bond donors (Lipinski definition) is 0. The molecule has 21 heavy (non-hydrogen) atoms. The first-order valence-corrected chi connectivity index (χ1v) is 7.50. The van der Waals surface area contributed by atoms with Gasteiger partial charge < -0.3 is 0 Å². The third-order valence-corrected chi connectivity index (χ3v) is 5.62. The predicted molar refractivity (Wildman–Crippen MR) is 91.4 cm³/mol. The Kier molecular flexibility index (Phi) is 7.40. The van der Waals surface area contributed by atoms with E-state index in [1.807, 2.05) is 0 Å². The van der Waals surface area contributed by atoms with Crippen LogP contribution in [0.15, 0.2) is 0 Å². The van der Waals surface area contributed by atoms with Gasteiger partial charge in [-0.3, -0.25) is 0 Å². The Labute approximate surface area is 146 Å². The summed E-state index contributed by atoms with van der Waals surface area (Å²) in [5.41, 5.74) is 14.7. The number of hydrogen-bond acceptors (Lipinski definition) is 0. The van der Waals surface area contributed by atoms with Crippen molar-refractivity contribution in [2.24, 2.45) is 0 Å². The van der Waals surface area contributed by atoms with Crippen molar-refractivity contribution in [1.82, 2.24) is 0 Å². The van der Waals surface area contributed by atoms with E-state index < -0.39 is 0 Å². The van der Waals surface area contributed by atoms with Crippen molar-refractivity contribution in [2.45, 2.75) is 69.2 Å². The van der Waals surface area contributed by atoms with Crippen LogP contribution in [0.2, 0.25) is 0 Å². The number of rotatable bonds is 0. The second-order valence-electron chi connectivity index (χ2n) is 6.25. The molecule has 0 aliphatic heterocycles. The second-order valence-corrected chi connectivity index (χ2v) is 6.25. The Morgan fingerprint density at radius 3 is 0.619 bits per heavy atom. The van der Waals surface area contributed by atoms with Crippen LogP contribution in [0, 0.1) is 69.2 Å². The van der Waals surface area contributed by atoms with Gasteiger partial charge in [0.15, 0.2) is 0 Å². The van der Waals surface area contributed by atoms with E-state index in [1.165, 1.54) is 55.6 Å². The molecular weight excluding hydrogens is 288 g/mol. The summed E-state index contributed by atoms with van der Waals surface area (Å²) in [6.45, 7) is 22.0. The molecule has 114 valence electrons. The molecule has 0 saturated carbocycles. The Balaban J connectivity index is 0.000000364. The van der Waals surface area contributed by atoms with Gasteiger partial charge in [0.2, 0.25) is 0 Å². The molecule has 0 nitrogen and oxygen atoms in total. The summed E-state index contributed by atoms with van der Waals surface area (Å²) >= 11 is 0. The van der Waals surface area contributed by atoms with E-state index in [1.54, 1.807) is 0 Å². The zero-order valence-electron chi connectivity index (χ0n) is 15.5. The largest absolute Gasteiger partial charge is 2.00 e. The van der Waals surface area contributed by atoms with Crippen LogP contribution in [-0.4, -0.2) is 0 Å². The molecule has 0 saturated heterocycles. The fourth-order valence-corrected chi connectivity index (χ4v) is 2.81. The summed E-state index contributed by atoms with van der Waals surface area (Å²) in [5, 5.41) is 0. The first-order valence-electron chi connectivity index (χ1n) is 7.50. The van der Waals surface area contributed by atoms with E-state index >= 15 is 0 Å². The van der Waals surface area contributed by atoms with Gasteiger partial charge in [-0.25, -0.2) is 0 Å². The molecule has 0 amide bonds. The normalized spacial score (nSPS) is 10.0. The van der Waals surface area contributed by atoms with E-state index in [-0.39, 0.29) is 21.7 Å². The molecule has 0 aliphatic carbocycles. The Hall–Kier alpha value is -0.586. The van der Waals surface area contributed by atoms with Gasteiger partial charge in [0, 0.05) is 0 Å². The van der Waals surface area contributed by atoms with Crippen LogP contribution in [-0.2, 0) is 21.7 Å². The molecule has 0 radical (unpaired) electrons. The summed E-state index contributed by atoms with van der Waals surface area (Å²) in [7, 11) is 0. The van der Waals surface area contributed by atoms with Gasteiger partial charge in [-0.2, -0.15) is 55.6 Å². The molecule has 0 unspecified atom stereocenters. The molecule has 0 heterocycles. The van der Waals surface area contributed by atoms with Gasteiger partial charge in [-0.05, 0) is 0 Å². The minimum Gasteiger partial charge on any atom is -0.196 e. The maximum atomic E-state index is 2.20. The Morgan fingerprint density at radius 2 is 0.571 bits per heavy atom. The quantitative estimate of drug-likeness (QED) is 0.419. The van der Waals surface area contributed by atoms with Crippen LogP contribution >= 0.6 is 0 Å². The smallest absolute Gasteiger partial charge is 0.196 e. The van der Waals surface area contributed by atoms with Gasteiger partial charge in [0.1, 0.15) is 0 Å². The van der Waals surface area contributed by atoms with E-state index in [0.29, 0.717) is 0 Å². The molecule has 2 aromatic rings.